The van der Waals surface area contributed by atoms with Crippen molar-refractivity contribution in [1.82, 2.24) is 15.2 Å². The van der Waals surface area contributed by atoms with Gasteiger partial charge in [-0.15, -0.1) is 10.2 Å². The molecule has 94 valence electrons. The minimum atomic E-state index is 0.221. The number of aliphatic hydroxyl groups is 1. The average molecular weight is 244 g/mol. The zero-order valence-electron chi connectivity index (χ0n) is 10.1. The molecule has 1 aliphatic rings. The van der Waals surface area contributed by atoms with E-state index in [9.17, 15) is 5.11 Å². The molecule has 5 nitrogen and oxygen atoms in total. The molecule has 0 saturated heterocycles. The molecule has 0 radical (unpaired) electrons. The quantitative estimate of drug-likeness (QED) is 0.858. The fourth-order valence-corrected chi connectivity index (χ4v) is 2.55. The normalized spacial score (nSPS) is 23.4. The first-order valence-electron chi connectivity index (χ1n) is 6.33. The van der Waals surface area contributed by atoms with Crippen LogP contribution in [0.1, 0.15) is 19.3 Å². The van der Waals surface area contributed by atoms with Crippen LogP contribution in [0.4, 0.5) is 5.95 Å². The average Bonchev–Trinajstić information content (AvgIpc) is 2.86. The van der Waals surface area contributed by atoms with E-state index in [1.54, 1.807) is 0 Å². The molecule has 1 aromatic carbocycles. The molecule has 2 N–H and O–H groups in total. The number of para-hydroxylation sites is 1. The fraction of sp³-hybridized carbons (Fsp3) is 0.462. The van der Waals surface area contributed by atoms with E-state index in [0.717, 1.165) is 30.3 Å². The zero-order chi connectivity index (χ0) is 12.4. The molecule has 0 aliphatic heterocycles. The number of benzene rings is 1. The number of fused-ring (bicyclic) bond motifs is 1. The van der Waals surface area contributed by atoms with E-state index in [1.165, 1.54) is 0 Å². The van der Waals surface area contributed by atoms with Gasteiger partial charge in [-0.25, -0.2) is 4.98 Å². The molecule has 18 heavy (non-hydrogen) atoms. The van der Waals surface area contributed by atoms with Gasteiger partial charge < -0.3 is 10.4 Å². The van der Waals surface area contributed by atoms with E-state index < -0.39 is 0 Å². The molecule has 2 atom stereocenters. The van der Waals surface area contributed by atoms with Gasteiger partial charge in [-0.05, 0) is 25.0 Å². The second kappa shape index (κ2) is 4.86. The van der Waals surface area contributed by atoms with Crippen molar-refractivity contribution in [3.63, 3.8) is 0 Å². The largest absolute Gasteiger partial charge is 0.396 e. The smallest absolute Gasteiger partial charge is 0.243 e. The van der Waals surface area contributed by atoms with Crippen molar-refractivity contribution in [1.29, 1.82) is 0 Å². The van der Waals surface area contributed by atoms with Crippen LogP contribution in [-0.4, -0.2) is 32.9 Å². The molecule has 5 heteroatoms. The third-order valence-electron chi connectivity index (χ3n) is 3.57. The van der Waals surface area contributed by atoms with Gasteiger partial charge in [-0.3, -0.25) is 0 Å². The molecule has 1 saturated carbocycles. The maximum Gasteiger partial charge on any atom is 0.243 e. The molecule has 1 fully saturated rings. The van der Waals surface area contributed by atoms with Crippen LogP contribution in [0, 0.1) is 5.92 Å². The number of anilines is 1. The first-order valence-corrected chi connectivity index (χ1v) is 6.33. The van der Waals surface area contributed by atoms with Crippen LogP contribution in [0.5, 0.6) is 0 Å². The van der Waals surface area contributed by atoms with Crippen LogP contribution >= 0.6 is 0 Å². The molecule has 1 aliphatic carbocycles. The van der Waals surface area contributed by atoms with Gasteiger partial charge in [0.2, 0.25) is 5.95 Å². The van der Waals surface area contributed by atoms with Crippen molar-refractivity contribution in [3.8, 4) is 0 Å². The van der Waals surface area contributed by atoms with Crippen molar-refractivity contribution in [2.45, 2.75) is 25.3 Å². The minimum Gasteiger partial charge on any atom is -0.396 e. The number of aromatic nitrogens is 3. The van der Waals surface area contributed by atoms with E-state index in [1.807, 2.05) is 24.3 Å². The monoisotopic (exact) mass is 244 g/mol. The Morgan fingerprint density at radius 1 is 1.17 bits per heavy atom. The van der Waals surface area contributed by atoms with Crippen molar-refractivity contribution in [3.05, 3.63) is 24.3 Å². The Morgan fingerprint density at radius 2 is 2.00 bits per heavy atom. The third-order valence-corrected chi connectivity index (χ3v) is 3.57. The zero-order valence-corrected chi connectivity index (χ0v) is 10.1. The van der Waals surface area contributed by atoms with Gasteiger partial charge >= 0.3 is 0 Å². The lowest BCUT2D eigenvalue weighted by Crippen LogP contribution is -2.27. The lowest BCUT2D eigenvalue weighted by molar-refractivity contribution is 0.222. The second-order valence-electron chi connectivity index (χ2n) is 4.75. The summed E-state index contributed by atoms with van der Waals surface area (Å²) in [7, 11) is 0. The van der Waals surface area contributed by atoms with Gasteiger partial charge in [-0.1, -0.05) is 18.6 Å². The summed E-state index contributed by atoms with van der Waals surface area (Å²) < 4.78 is 0. The van der Waals surface area contributed by atoms with E-state index in [4.69, 9.17) is 0 Å². The Morgan fingerprint density at radius 3 is 2.83 bits per heavy atom. The van der Waals surface area contributed by atoms with Crippen LogP contribution in [0.25, 0.3) is 11.0 Å². The van der Waals surface area contributed by atoms with Crippen LogP contribution in [0.15, 0.2) is 24.3 Å². The maximum atomic E-state index is 9.29. The summed E-state index contributed by atoms with van der Waals surface area (Å²) in [6.07, 6.45) is 3.26. The van der Waals surface area contributed by atoms with E-state index in [0.29, 0.717) is 11.9 Å². The Hall–Kier alpha value is -1.75. The number of hydrogen-bond donors (Lipinski definition) is 2. The standard InChI is InChI=1S/C13H16N4O/c18-8-9-4-3-7-10(9)14-13-15-11-5-1-2-6-12(11)16-17-13/h1-2,5-6,9-10,18H,3-4,7-8H2,(H,14,15,17). The predicted octanol–water partition coefficient (Wildman–Crippen LogP) is 1.60. The lowest BCUT2D eigenvalue weighted by Gasteiger charge is -2.18. The summed E-state index contributed by atoms with van der Waals surface area (Å²) in [6.45, 7) is 0.221. The molecule has 1 heterocycles. The molecule has 2 unspecified atom stereocenters. The van der Waals surface area contributed by atoms with Crippen molar-refractivity contribution in [2.75, 3.05) is 11.9 Å². The first-order chi connectivity index (χ1) is 8.86. The Bertz CT molecular complexity index is 545. The first kappa shape index (κ1) is 11.3. The second-order valence-corrected chi connectivity index (χ2v) is 4.75. The highest BCUT2D eigenvalue weighted by atomic mass is 16.3. The number of rotatable bonds is 3. The molecular weight excluding hydrogens is 228 g/mol. The van der Waals surface area contributed by atoms with E-state index in [-0.39, 0.29) is 12.6 Å². The van der Waals surface area contributed by atoms with Crippen LogP contribution < -0.4 is 5.32 Å². The maximum absolute atomic E-state index is 9.29. The Balaban J connectivity index is 1.82. The SMILES string of the molecule is OCC1CCCC1Nc1nnc2ccccc2n1. The summed E-state index contributed by atoms with van der Waals surface area (Å²) in [5.41, 5.74) is 1.64. The van der Waals surface area contributed by atoms with E-state index in [2.05, 4.69) is 20.5 Å². The molecule has 0 amide bonds. The summed E-state index contributed by atoms with van der Waals surface area (Å²) in [5, 5.41) is 20.8. The molecule has 0 spiro atoms. The third kappa shape index (κ3) is 2.13. The van der Waals surface area contributed by atoms with Crippen molar-refractivity contribution >= 4 is 17.0 Å². The summed E-state index contributed by atoms with van der Waals surface area (Å²) >= 11 is 0. The Labute approximate surface area is 105 Å². The highest BCUT2D eigenvalue weighted by Crippen LogP contribution is 2.27. The number of nitrogens with one attached hydrogen (secondary N) is 1. The van der Waals surface area contributed by atoms with Gasteiger partial charge in [0, 0.05) is 18.6 Å². The highest BCUT2D eigenvalue weighted by molar-refractivity contribution is 5.74. The minimum absolute atomic E-state index is 0.221. The van der Waals surface area contributed by atoms with Gasteiger partial charge in [0.05, 0.1) is 5.52 Å². The highest BCUT2D eigenvalue weighted by Gasteiger charge is 2.27. The number of nitrogens with zero attached hydrogens (tertiary/aromatic N) is 3. The molecule has 0 bridgehead atoms. The Kier molecular flexibility index (Phi) is 3.06. The molecular formula is C13H16N4O. The molecule has 2 aromatic rings. The number of hydrogen-bond acceptors (Lipinski definition) is 5. The molecule has 3 rings (SSSR count). The van der Waals surface area contributed by atoms with Gasteiger partial charge in [0.1, 0.15) is 5.52 Å². The summed E-state index contributed by atoms with van der Waals surface area (Å²) in [6, 6.07) is 7.94. The van der Waals surface area contributed by atoms with Crippen LogP contribution in [0.2, 0.25) is 0 Å². The lowest BCUT2D eigenvalue weighted by atomic mass is 10.1. The topological polar surface area (TPSA) is 70.9 Å². The van der Waals surface area contributed by atoms with Gasteiger partial charge in [0.15, 0.2) is 0 Å². The predicted molar refractivity (Wildman–Crippen MR) is 69.2 cm³/mol. The summed E-state index contributed by atoms with van der Waals surface area (Å²) in [5.74, 6) is 0.860. The fourth-order valence-electron chi connectivity index (χ4n) is 2.55. The van der Waals surface area contributed by atoms with Gasteiger partial charge in [0.25, 0.3) is 0 Å². The van der Waals surface area contributed by atoms with E-state index >= 15 is 0 Å². The van der Waals surface area contributed by atoms with Crippen LogP contribution in [0.3, 0.4) is 0 Å². The summed E-state index contributed by atoms with van der Waals surface area (Å²) in [4.78, 5) is 4.44. The van der Waals surface area contributed by atoms with Crippen molar-refractivity contribution in [2.24, 2.45) is 5.92 Å². The van der Waals surface area contributed by atoms with Crippen molar-refractivity contribution < 1.29 is 5.11 Å². The number of aliphatic hydroxyl groups excluding tert-OH is 1. The van der Waals surface area contributed by atoms with Crippen LogP contribution in [-0.2, 0) is 0 Å². The van der Waals surface area contributed by atoms with Gasteiger partial charge in [-0.2, -0.15) is 0 Å². The molecule has 1 aromatic heterocycles.